The van der Waals surface area contributed by atoms with Gasteiger partial charge in [-0.3, -0.25) is 0 Å². The lowest BCUT2D eigenvalue weighted by atomic mass is 10.3. The number of hydrogen-bond acceptors (Lipinski definition) is 4. The van der Waals surface area contributed by atoms with Gasteiger partial charge in [-0.1, -0.05) is 12.7 Å². The van der Waals surface area contributed by atoms with E-state index >= 15 is 0 Å². The fraction of sp³-hybridized carbons (Fsp3) is 0.333. The molecule has 0 amide bonds. The molecule has 1 N–H and O–H groups in total. The average molecular weight is 229 g/mol. The second-order valence-electron chi connectivity index (χ2n) is 2.81. The molecule has 0 aromatic rings. The molecule has 0 spiro atoms. The normalized spacial score (nSPS) is 14.2. The molecule has 0 aromatic heterocycles. The molecular formula is C9H15N3O2S. The Balaban J connectivity index is 5.52. The highest BCUT2D eigenvalue weighted by atomic mass is 32.2. The van der Waals surface area contributed by atoms with Crippen LogP contribution in [0.3, 0.4) is 0 Å². The molecule has 0 unspecified atom stereocenters. The molecule has 0 saturated heterocycles. The maximum absolute atomic E-state index is 11.2. The van der Waals surface area contributed by atoms with Gasteiger partial charge in [0.05, 0.1) is 0 Å². The highest BCUT2D eigenvalue weighted by Gasteiger charge is 2.12. The van der Waals surface area contributed by atoms with Crippen LogP contribution in [0.5, 0.6) is 0 Å². The summed E-state index contributed by atoms with van der Waals surface area (Å²) in [5.41, 5.74) is 0.724. The van der Waals surface area contributed by atoms with Gasteiger partial charge in [0.15, 0.2) is 0 Å². The number of nitrogens with zero attached hydrogens (tertiary/aromatic N) is 2. The van der Waals surface area contributed by atoms with Crippen LogP contribution in [-0.4, -0.2) is 33.6 Å². The van der Waals surface area contributed by atoms with E-state index in [-0.39, 0.29) is 5.17 Å². The standard InChI is InChI=1S/C9H15N3O2S/c1-6-7(2)8(10-3)12-9(11-4)15(5,13)14/h6,10H,1,4H2,2-3,5H3/b8-7+,12-9?. The molecule has 0 fully saturated rings. The highest BCUT2D eigenvalue weighted by Crippen LogP contribution is 2.05. The van der Waals surface area contributed by atoms with Crippen LogP contribution in [0.4, 0.5) is 0 Å². The topological polar surface area (TPSA) is 70.9 Å². The van der Waals surface area contributed by atoms with Gasteiger partial charge in [-0.15, -0.1) is 0 Å². The first-order chi connectivity index (χ1) is 6.86. The Morgan fingerprint density at radius 3 is 2.27 bits per heavy atom. The fourth-order valence-electron chi connectivity index (χ4n) is 0.769. The number of nitrogens with one attached hydrogen (secondary N) is 1. The monoisotopic (exact) mass is 229 g/mol. The van der Waals surface area contributed by atoms with Crippen molar-refractivity contribution >= 4 is 21.7 Å². The van der Waals surface area contributed by atoms with Crippen LogP contribution < -0.4 is 5.32 Å². The Hall–Kier alpha value is -1.43. The van der Waals surface area contributed by atoms with Gasteiger partial charge in [-0.25, -0.2) is 18.4 Å². The lowest BCUT2D eigenvalue weighted by molar-refractivity contribution is 0.612. The van der Waals surface area contributed by atoms with E-state index in [1.807, 2.05) is 0 Å². The Labute approximate surface area is 90.2 Å². The second kappa shape index (κ2) is 5.45. The minimum absolute atomic E-state index is 0.312. The van der Waals surface area contributed by atoms with Gasteiger partial charge in [0.2, 0.25) is 15.0 Å². The first-order valence-corrected chi connectivity index (χ1v) is 6.02. The molecular weight excluding hydrogens is 214 g/mol. The molecule has 0 radical (unpaired) electrons. The number of rotatable bonds is 3. The molecule has 0 aliphatic heterocycles. The first-order valence-electron chi connectivity index (χ1n) is 4.13. The number of amidine groups is 1. The summed E-state index contributed by atoms with van der Waals surface area (Å²) < 4.78 is 22.4. The van der Waals surface area contributed by atoms with E-state index in [4.69, 9.17) is 0 Å². The average Bonchev–Trinajstić information content (AvgIpc) is 2.16. The minimum atomic E-state index is -3.45. The highest BCUT2D eigenvalue weighted by molar-refractivity contribution is 8.05. The van der Waals surface area contributed by atoms with Crippen molar-refractivity contribution in [2.45, 2.75) is 6.92 Å². The summed E-state index contributed by atoms with van der Waals surface area (Å²) in [6.45, 7) is 8.48. The molecule has 0 aromatic carbocycles. The molecule has 0 saturated carbocycles. The number of sulfone groups is 1. The van der Waals surface area contributed by atoms with Crippen molar-refractivity contribution in [3.63, 3.8) is 0 Å². The third-order valence-electron chi connectivity index (χ3n) is 1.59. The van der Waals surface area contributed by atoms with Crippen molar-refractivity contribution in [3.8, 4) is 0 Å². The Morgan fingerprint density at radius 1 is 1.47 bits per heavy atom. The van der Waals surface area contributed by atoms with Crippen LogP contribution in [0, 0.1) is 0 Å². The molecule has 0 atom stereocenters. The second-order valence-corrected chi connectivity index (χ2v) is 4.72. The first kappa shape index (κ1) is 13.6. The van der Waals surface area contributed by atoms with Crippen LogP contribution in [0.15, 0.2) is 34.0 Å². The minimum Gasteiger partial charge on any atom is -0.373 e. The maximum Gasteiger partial charge on any atom is 0.248 e. The smallest absolute Gasteiger partial charge is 0.248 e. The predicted octanol–water partition coefficient (Wildman–Crippen LogP) is 0.724. The van der Waals surface area contributed by atoms with Crippen molar-refractivity contribution in [2.75, 3.05) is 13.3 Å². The van der Waals surface area contributed by atoms with Gasteiger partial charge < -0.3 is 5.32 Å². The molecule has 84 valence electrons. The Morgan fingerprint density at radius 2 is 2.00 bits per heavy atom. The lowest BCUT2D eigenvalue weighted by Crippen LogP contribution is -2.14. The lowest BCUT2D eigenvalue weighted by Gasteiger charge is -2.04. The summed E-state index contributed by atoms with van der Waals surface area (Å²) in [7, 11) is -1.82. The molecule has 0 aliphatic carbocycles. The van der Waals surface area contributed by atoms with Gasteiger partial charge in [0.1, 0.15) is 5.82 Å². The largest absolute Gasteiger partial charge is 0.373 e. The summed E-state index contributed by atoms with van der Waals surface area (Å²) in [5, 5.41) is 2.45. The van der Waals surface area contributed by atoms with Crippen LogP contribution >= 0.6 is 0 Å². The van der Waals surface area contributed by atoms with E-state index in [2.05, 4.69) is 28.6 Å². The van der Waals surface area contributed by atoms with Gasteiger partial charge >= 0.3 is 0 Å². The molecule has 6 heteroatoms. The third kappa shape index (κ3) is 4.07. The summed E-state index contributed by atoms with van der Waals surface area (Å²) in [4.78, 5) is 7.22. The zero-order valence-electron chi connectivity index (χ0n) is 9.11. The predicted molar refractivity (Wildman–Crippen MR) is 63.8 cm³/mol. The van der Waals surface area contributed by atoms with Crippen molar-refractivity contribution in [1.29, 1.82) is 0 Å². The number of aliphatic imine (C=N–C) groups is 2. The third-order valence-corrected chi connectivity index (χ3v) is 2.47. The fourth-order valence-corrected chi connectivity index (χ4v) is 1.26. The molecule has 0 bridgehead atoms. The van der Waals surface area contributed by atoms with Gasteiger partial charge in [-0.2, -0.15) is 0 Å². The number of allylic oxidation sites excluding steroid dienone is 2. The van der Waals surface area contributed by atoms with E-state index < -0.39 is 9.84 Å². The maximum atomic E-state index is 11.2. The van der Waals surface area contributed by atoms with Gasteiger partial charge in [0.25, 0.3) is 0 Å². The summed E-state index contributed by atoms with van der Waals surface area (Å²) in [6, 6.07) is 0. The van der Waals surface area contributed by atoms with Crippen molar-refractivity contribution < 1.29 is 8.42 Å². The van der Waals surface area contributed by atoms with Crippen molar-refractivity contribution in [2.24, 2.45) is 9.98 Å². The Bertz CT molecular complexity index is 419. The Kier molecular flexibility index (Phi) is 4.93. The van der Waals surface area contributed by atoms with Crippen LogP contribution in [0.1, 0.15) is 6.92 Å². The van der Waals surface area contributed by atoms with E-state index in [0.29, 0.717) is 5.82 Å². The molecule has 0 aliphatic rings. The van der Waals surface area contributed by atoms with Crippen LogP contribution in [0.25, 0.3) is 0 Å². The molecule has 15 heavy (non-hydrogen) atoms. The van der Waals surface area contributed by atoms with Crippen molar-refractivity contribution in [1.82, 2.24) is 5.32 Å². The molecule has 5 nitrogen and oxygen atoms in total. The van der Waals surface area contributed by atoms with Crippen LogP contribution in [-0.2, 0) is 9.84 Å². The van der Waals surface area contributed by atoms with E-state index in [0.717, 1.165) is 11.8 Å². The SMILES string of the molecule is C=C/C(C)=C(/N=C(N=C)S(C)(=O)=O)NC. The molecule has 0 heterocycles. The van der Waals surface area contributed by atoms with Crippen molar-refractivity contribution in [3.05, 3.63) is 24.0 Å². The summed E-state index contributed by atoms with van der Waals surface area (Å²) in [5.74, 6) is 0.401. The zero-order valence-corrected chi connectivity index (χ0v) is 9.93. The number of hydrogen-bond donors (Lipinski definition) is 1. The van der Waals surface area contributed by atoms with Gasteiger partial charge in [0, 0.05) is 13.3 Å². The van der Waals surface area contributed by atoms with E-state index in [1.54, 1.807) is 20.0 Å². The quantitative estimate of drug-likeness (QED) is 0.440. The van der Waals surface area contributed by atoms with Gasteiger partial charge in [-0.05, 0) is 19.2 Å². The molecule has 0 rings (SSSR count). The zero-order chi connectivity index (χ0) is 12.1. The van der Waals surface area contributed by atoms with E-state index in [9.17, 15) is 8.42 Å². The van der Waals surface area contributed by atoms with Crippen LogP contribution in [0.2, 0.25) is 0 Å². The summed E-state index contributed by atoms with van der Waals surface area (Å²) >= 11 is 0. The van der Waals surface area contributed by atoms with E-state index in [1.165, 1.54) is 0 Å². The summed E-state index contributed by atoms with van der Waals surface area (Å²) in [6.07, 6.45) is 2.59.